The van der Waals surface area contributed by atoms with E-state index >= 15 is 0 Å². The molecule has 112 valence electrons. The number of nitrogens with zero attached hydrogens (tertiary/aromatic N) is 1. The molecule has 0 aromatic heterocycles. The van der Waals surface area contributed by atoms with Crippen molar-refractivity contribution < 1.29 is 22.3 Å². The first kappa shape index (κ1) is 17.8. The van der Waals surface area contributed by atoms with Crippen LogP contribution in [0.15, 0.2) is 23.6 Å². The van der Waals surface area contributed by atoms with E-state index in [0.717, 1.165) is 5.57 Å². The molecule has 0 atom stereocenters. The zero-order valence-corrected chi connectivity index (χ0v) is 11.7. The molecule has 19 heavy (non-hydrogen) atoms. The Morgan fingerprint density at radius 2 is 1.68 bits per heavy atom. The zero-order valence-electron chi connectivity index (χ0n) is 11.7. The summed E-state index contributed by atoms with van der Waals surface area (Å²) < 4.78 is 54.7. The predicted octanol–water partition coefficient (Wildman–Crippen LogP) is 4.05. The van der Waals surface area contributed by atoms with Gasteiger partial charge in [0.05, 0.1) is 0 Å². The molecule has 0 N–H and O–H groups in total. The second-order valence-electron chi connectivity index (χ2n) is 4.27. The molecular weight excluding hydrogens is 262 g/mol. The van der Waals surface area contributed by atoms with Crippen LogP contribution in [-0.2, 0) is 4.74 Å². The molecule has 0 saturated heterocycles. The van der Waals surface area contributed by atoms with Gasteiger partial charge in [-0.05, 0) is 33.8 Å². The smallest absolute Gasteiger partial charge is 0.340 e. The van der Waals surface area contributed by atoms with E-state index in [2.05, 4.69) is 0 Å². The molecule has 0 amide bonds. The highest BCUT2D eigenvalue weighted by Crippen LogP contribution is 2.24. The lowest BCUT2D eigenvalue weighted by molar-refractivity contribution is -0.162. The Bertz CT molecular complexity index is 319. The van der Waals surface area contributed by atoms with Gasteiger partial charge in [0.2, 0.25) is 0 Å². The van der Waals surface area contributed by atoms with Crippen molar-refractivity contribution in [3.63, 3.8) is 0 Å². The molecule has 0 aromatic rings. The molecule has 0 bridgehead atoms. The summed E-state index contributed by atoms with van der Waals surface area (Å²) in [6.45, 7) is 7.08. The van der Waals surface area contributed by atoms with Crippen LogP contribution in [0.3, 0.4) is 0 Å². The maximum Gasteiger partial charge on any atom is 0.340 e. The van der Waals surface area contributed by atoms with Crippen LogP contribution in [0.4, 0.5) is 17.6 Å². The van der Waals surface area contributed by atoms with Crippen molar-refractivity contribution in [2.45, 2.75) is 40.0 Å². The summed E-state index contributed by atoms with van der Waals surface area (Å²) >= 11 is 0. The van der Waals surface area contributed by atoms with Crippen molar-refractivity contribution >= 4 is 0 Å². The summed E-state index contributed by atoms with van der Waals surface area (Å²) in [4.78, 5) is 1.68. The molecule has 0 radical (unpaired) electrons. The van der Waals surface area contributed by atoms with Crippen LogP contribution in [0.2, 0.25) is 0 Å². The summed E-state index contributed by atoms with van der Waals surface area (Å²) in [5, 5.41) is 0. The van der Waals surface area contributed by atoms with Crippen LogP contribution < -0.4 is 0 Å². The number of ether oxygens (including phenoxy) is 1. The maximum absolute atomic E-state index is 12.8. The number of hydrogen-bond acceptors (Lipinski definition) is 2. The first-order chi connectivity index (χ1) is 8.74. The lowest BCUT2D eigenvalue weighted by Crippen LogP contribution is -2.34. The molecule has 0 spiro atoms. The van der Waals surface area contributed by atoms with Crippen molar-refractivity contribution in [1.82, 2.24) is 4.90 Å². The topological polar surface area (TPSA) is 12.5 Å². The lowest BCUT2D eigenvalue weighted by Gasteiger charge is -2.26. The minimum Gasteiger partial charge on any atom is -0.472 e. The summed E-state index contributed by atoms with van der Waals surface area (Å²) in [5.74, 6) is -3.97. The zero-order chi connectivity index (χ0) is 15.1. The third-order valence-corrected chi connectivity index (χ3v) is 2.37. The van der Waals surface area contributed by atoms with Crippen molar-refractivity contribution in [3.05, 3.63) is 23.6 Å². The van der Waals surface area contributed by atoms with Gasteiger partial charge in [-0.25, -0.2) is 8.78 Å². The Labute approximate surface area is 111 Å². The summed E-state index contributed by atoms with van der Waals surface area (Å²) in [5.41, 5.74) is 0.953. The molecule has 0 aliphatic heterocycles. The Hall–Kier alpha value is -1.20. The Morgan fingerprint density at radius 1 is 1.16 bits per heavy atom. The highest BCUT2D eigenvalue weighted by Gasteiger charge is 2.42. The van der Waals surface area contributed by atoms with E-state index in [0.29, 0.717) is 13.1 Å². The SMILES string of the molecule is CCN(CC)/C(=C\C=C(C)C)OCC(F)(F)C(F)F. The molecule has 0 saturated carbocycles. The minimum absolute atomic E-state index is 0.173. The van der Waals surface area contributed by atoms with E-state index in [4.69, 9.17) is 4.74 Å². The van der Waals surface area contributed by atoms with E-state index in [1.54, 1.807) is 11.0 Å². The van der Waals surface area contributed by atoms with Crippen LogP contribution in [0.1, 0.15) is 27.7 Å². The Balaban J connectivity index is 4.88. The van der Waals surface area contributed by atoms with Gasteiger partial charge in [0.15, 0.2) is 12.5 Å². The van der Waals surface area contributed by atoms with Crippen LogP contribution in [-0.4, -0.2) is 36.9 Å². The van der Waals surface area contributed by atoms with Gasteiger partial charge in [-0.1, -0.05) is 11.6 Å². The van der Waals surface area contributed by atoms with Crippen LogP contribution in [0, 0.1) is 0 Å². The molecule has 0 aromatic carbocycles. The van der Waals surface area contributed by atoms with Crippen LogP contribution >= 0.6 is 0 Å². The third-order valence-electron chi connectivity index (χ3n) is 2.37. The highest BCUT2D eigenvalue weighted by molar-refractivity contribution is 5.11. The van der Waals surface area contributed by atoms with Crippen LogP contribution in [0.25, 0.3) is 0 Å². The second-order valence-corrected chi connectivity index (χ2v) is 4.27. The molecule has 0 rings (SSSR count). The van der Waals surface area contributed by atoms with Gasteiger partial charge in [-0.3, -0.25) is 0 Å². The summed E-state index contributed by atoms with van der Waals surface area (Å²) in [7, 11) is 0. The quantitative estimate of drug-likeness (QED) is 0.378. The van der Waals surface area contributed by atoms with Crippen molar-refractivity contribution in [2.75, 3.05) is 19.7 Å². The van der Waals surface area contributed by atoms with Crippen molar-refractivity contribution in [2.24, 2.45) is 0 Å². The number of alkyl halides is 4. The molecule has 6 heteroatoms. The normalized spacial score (nSPS) is 12.6. The average Bonchev–Trinajstić information content (AvgIpc) is 2.32. The standard InChI is InChI=1S/C13H21F4NO/c1-5-18(6-2)11(8-7-10(3)4)19-9-13(16,17)12(14)15/h7-8,12H,5-6,9H2,1-4H3/b11-8+. The van der Waals surface area contributed by atoms with Gasteiger partial charge in [0, 0.05) is 13.1 Å². The summed E-state index contributed by atoms with van der Waals surface area (Å²) in [6, 6.07) is 0. The highest BCUT2D eigenvalue weighted by atomic mass is 19.3. The van der Waals surface area contributed by atoms with E-state index in [-0.39, 0.29) is 5.88 Å². The van der Waals surface area contributed by atoms with Crippen molar-refractivity contribution in [3.8, 4) is 0 Å². The van der Waals surface area contributed by atoms with Gasteiger partial charge in [0.25, 0.3) is 0 Å². The maximum atomic E-state index is 12.8. The van der Waals surface area contributed by atoms with Gasteiger partial charge in [0.1, 0.15) is 0 Å². The lowest BCUT2D eigenvalue weighted by atomic mass is 10.3. The van der Waals surface area contributed by atoms with E-state index in [1.165, 1.54) is 6.08 Å². The Kier molecular flexibility index (Phi) is 7.56. The fourth-order valence-electron chi connectivity index (χ4n) is 1.25. The first-order valence-electron chi connectivity index (χ1n) is 6.13. The van der Waals surface area contributed by atoms with Gasteiger partial charge < -0.3 is 9.64 Å². The van der Waals surface area contributed by atoms with Crippen molar-refractivity contribution in [1.29, 1.82) is 0 Å². The van der Waals surface area contributed by atoms with E-state index in [9.17, 15) is 17.6 Å². The molecule has 0 fully saturated rings. The van der Waals surface area contributed by atoms with E-state index in [1.807, 2.05) is 27.7 Å². The summed E-state index contributed by atoms with van der Waals surface area (Å²) in [6.07, 6.45) is -0.521. The van der Waals surface area contributed by atoms with Gasteiger partial charge in [-0.15, -0.1) is 0 Å². The molecule has 0 heterocycles. The monoisotopic (exact) mass is 283 g/mol. The second kappa shape index (κ2) is 8.07. The molecule has 0 aliphatic rings. The van der Waals surface area contributed by atoms with Gasteiger partial charge >= 0.3 is 12.3 Å². The minimum atomic E-state index is -4.14. The first-order valence-corrected chi connectivity index (χ1v) is 6.13. The molecule has 0 unspecified atom stereocenters. The molecule has 0 aliphatic carbocycles. The molecule has 2 nitrogen and oxygen atoms in total. The fourth-order valence-corrected chi connectivity index (χ4v) is 1.25. The van der Waals surface area contributed by atoms with Gasteiger partial charge in [-0.2, -0.15) is 8.78 Å². The number of hydrogen-bond donors (Lipinski definition) is 0. The van der Waals surface area contributed by atoms with Crippen LogP contribution in [0.5, 0.6) is 0 Å². The number of rotatable bonds is 8. The fraction of sp³-hybridized carbons (Fsp3) is 0.692. The number of allylic oxidation sites excluding steroid dienone is 3. The molecular formula is C13H21F4NO. The Morgan fingerprint density at radius 3 is 2.05 bits per heavy atom. The predicted molar refractivity (Wildman–Crippen MR) is 67.3 cm³/mol. The largest absolute Gasteiger partial charge is 0.472 e. The average molecular weight is 283 g/mol. The third kappa shape index (κ3) is 6.50. The number of halogens is 4. The van der Waals surface area contributed by atoms with E-state index < -0.39 is 19.0 Å².